The molecule has 0 aromatic carbocycles. The molecule has 0 saturated carbocycles. The Morgan fingerprint density at radius 2 is 2.19 bits per heavy atom. The van der Waals surface area contributed by atoms with Crippen molar-refractivity contribution in [1.29, 1.82) is 0 Å². The Morgan fingerprint density at radius 3 is 2.75 bits per heavy atom. The minimum absolute atomic E-state index is 0.201. The number of aromatic nitrogens is 2. The zero-order valence-corrected chi connectivity index (χ0v) is 10.3. The van der Waals surface area contributed by atoms with E-state index in [0.717, 1.165) is 12.8 Å². The topological polar surface area (TPSA) is 54.9 Å². The number of carbonyl (C=O) groups excluding carboxylic acids is 1. The summed E-state index contributed by atoms with van der Waals surface area (Å²) in [5.74, 6) is 0.458. The van der Waals surface area contributed by atoms with Gasteiger partial charge in [0, 0.05) is 6.54 Å². The highest BCUT2D eigenvalue weighted by molar-refractivity contribution is 6.29. The van der Waals surface area contributed by atoms with Gasteiger partial charge in [-0.25, -0.2) is 9.97 Å². The van der Waals surface area contributed by atoms with Crippen molar-refractivity contribution in [2.24, 2.45) is 5.92 Å². The number of amides is 1. The van der Waals surface area contributed by atoms with E-state index in [9.17, 15) is 4.79 Å². The number of hydrogen-bond donors (Lipinski definition) is 1. The number of carbonyl (C=O) groups is 1. The van der Waals surface area contributed by atoms with Crippen molar-refractivity contribution in [3.8, 4) is 0 Å². The smallest absolute Gasteiger partial charge is 0.271 e. The molecule has 0 saturated heterocycles. The van der Waals surface area contributed by atoms with E-state index in [4.69, 9.17) is 11.6 Å². The summed E-state index contributed by atoms with van der Waals surface area (Å²) in [5, 5.41) is 3.08. The lowest BCUT2D eigenvalue weighted by Crippen LogP contribution is -2.25. The number of halogens is 1. The fraction of sp³-hybridized carbons (Fsp3) is 0.545. The van der Waals surface area contributed by atoms with Crippen molar-refractivity contribution in [3.63, 3.8) is 0 Å². The molecule has 1 heterocycles. The molecule has 0 aliphatic rings. The van der Waals surface area contributed by atoms with Crippen LogP contribution in [0.25, 0.3) is 0 Å². The summed E-state index contributed by atoms with van der Waals surface area (Å²) in [4.78, 5) is 19.2. The molecule has 5 heteroatoms. The summed E-state index contributed by atoms with van der Waals surface area (Å²) < 4.78 is 0. The van der Waals surface area contributed by atoms with E-state index in [0.29, 0.717) is 18.2 Å². The van der Waals surface area contributed by atoms with E-state index in [1.807, 2.05) is 0 Å². The molecule has 16 heavy (non-hydrogen) atoms. The van der Waals surface area contributed by atoms with Crippen LogP contribution in [0.2, 0.25) is 5.15 Å². The Hall–Kier alpha value is -1.16. The van der Waals surface area contributed by atoms with Crippen LogP contribution in [0.3, 0.4) is 0 Å². The van der Waals surface area contributed by atoms with Crippen molar-refractivity contribution < 1.29 is 4.79 Å². The first-order chi connectivity index (χ1) is 7.59. The zero-order chi connectivity index (χ0) is 12.0. The minimum Gasteiger partial charge on any atom is -0.351 e. The first-order valence-electron chi connectivity index (χ1n) is 5.35. The molecular formula is C11H16ClN3O. The average Bonchev–Trinajstić information content (AvgIpc) is 2.25. The molecule has 88 valence electrons. The molecule has 0 aliphatic heterocycles. The lowest BCUT2D eigenvalue weighted by atomic mass is 10.1. The van der Waals surface area contributed by atoms with Gasteiger partial charge in [-0.05, 0) is 18.8 Å². The highest BCUT2D eigenvalue weighted by Gasteiger charge is 2.06. The predicted octanol–water partition coefficient (Wildman–Crippen LogP) is 2.30. The molecule has 1 aromatic rings. The van der Waals surface area contributed by atoms with Gasteiger partial charge >= 0.3 is 0 Å². The van der Waals surface area contributed by atoms with Crippen molar-refractivity contribution in [3.05, 3.63) is 23.2 Å². The van der Waals surface area contributed by atoms with Gasteiger partial charge in [0.05, 0.1) is 12.4 Å². The van der Waals surface area contributed by atoms with Gasteiger partial charge in [-0.1, -0.05) is 25.4 Å². The van der Waals surface area contributed by atoms with Crippen LogP contribution in [0.5, 0.6) is 0 Å². The van der Waals surface area contributed by atoms with E-state index in [2.05, 4.69) is 29.1 Å². The molecule has 0 unspecified atom stereocenters. The van der Waals surface area contributed by atoms with Crippen LogP contribution in [0.4, 0.5) is 0 Å². The standard InChI is InChI=1S/C11H16ClN3O/c1-8(2)4-3-5-13-11(16)9-6-15-10(12)7-14-9/h6-8H,3-5H2,1-2H3,(H,13,16). The molecule has 4 nitrogen and oxygen atoms in total. The van der Waals surface area contributed by atoms with Crippen molar-refractivity contribution in [2.45, 2.75) is 26.7 Å². The molecular weight excluding hydrogens is 226 g/mol. The maximum Gasteiger partial charge on any atom is 0.271 e. The van der Waals surface area contributed by atoms with Crippen LogP contribution < -0.4 is 5.32 Å². The van der Waals surface area contributed by atoms with E-state index in [1.165, 1.54) is 12.4 Å². The number of nitrogens with one attached hydrogen (secondary N) is 1. The molecule has 1 N–H and O–H groups in total. The molecule has 0 radical (unpaired) electrons. The van der Waals surface area contributed by atoms with Crippen LogP contribution in [0, 0.1) is 5.92 Å². The summed E-state index contributed by atoms with van der Waals surface area (Å²) in [5.41, 5.74) is 0.300. The van der Waals surface area contributed by atoms with E-state index >= 15 is 0 Å². The number of rotatable bonds is 5. The summed E-state index contributed by atoms with van der Waals surface area (Å²) in [6.45, 7) is 4.99. The Kier molecular flexibility index (Phi) is 5.19. The molecule has 1 aromatic heterocycles. The molecule has 1 rings (SSSR count). The van der Waals surface area contributed by atoms with Crippen molar-refractivity contribution in [2.75, 3.05) is 6.54 Å². The van der Waals surface area contributed by atoms with Gasteiger partial charge in [0.25, 0.3) is 5.91 Å². The third kappa shape index (κ3) is 4.57. The third-order valence-electron chi connectivity index (χ3n) is 2.10. The van der Waals surface area contributed by atoms with Gasteiger partial charge in [-0.15, -0.1) is 0 Å². The van der Waals surface area contributed by atoms with Gasteiger partial charge in [-0.3, -0.25) is 4.79 Å². The van der Waals surface area contributed by atoms with Crippen LogP contribution >= 0.6 is 11.6 Å². The second kappa shape index (κ2) is 6.43. The fourth-order valence-corrected chi connectivity index (χ4v) is 1.33. The van der Waals surface area contributed by atoms with Crippen LogP contribution in [-0.2, 0) is 0 Å². The lowest BCUT2D eigenvalue weighted by molar-refractivity contribution is 0.0947. The summed E-state index contributed by atoms with van der Waals surface area (Å²) in [7, 11) is 0. The second-order valence-corrected chi connectivity index (χ2v) is 4.40. The summed E-state index contributed by atoms with van der Waals surface area (Å²) in [6.07, 6.45) is 4.82. The van der Waals surface area contributed by atoms with Gasteiger partial charge in [-0.2, -0.15) is 0 Å². The Balaban J connectivity index is 2.32. The summed E-state index contributed by atoms with van der Waals surface area (Å²) >= 11 is 5.57. The van der Waals surface area contributed by atoms with Gasteiger partial charge in [0.15, 0.2) is 0 Å². The highest BCUT2D eigenvalue weighted by atomic mass is 35.5. The maximum atomic E-state index is 11.5. The lowest BCUT2D eigenvalue weighted by Gasteiger charge is -2.06. The molecule has 0 aliphatic carbocycles. The van der Waals surface area contributed by atoms with E-state index < -0.39 is 0 Å². The van der Waals surface area contributed by atoms with E-state index in [1.54, 1.807) is 0 Å². The van der Waals surface area contributed by atoms with Gasteiger partial charge < -0.3 is 5.32 Å². The minimum atomic E-state index is -0.201. The third-order valence-corrected chi connectivity index (χ3v) is 2.29. The van der Waals surface area contributed by atoms with Crippen molar-refractivity contribution >= 4 is 17.5 Å². The maximum absolute atomic E-state index is 11.5. The van der Waals surface area contributed by atoms with Crippen LogP contribution in [0.15, 0.2) is 12.4 Å². The average molecular weight is 242 g/mol. The monoisotopic (exact) mass is 241 g/mol. The van der Waals surface area contributed by atoms with Crippen LogP contribution in [-0.4, -0.2) is 22.4 Å². The molecule has 1 amide bonds. The SMILES string of the molecule is CC(C)CCCNC(=O)c1cnc(Cl)cn1. The zero-order valence-electron chi connectivity index (χ0n) is 9.53. The number of nitrogens with zero attached hydrogens (tertiary/aromatic N) is 2. The fourth-order valence-electron chi connectivity index (χ4n) is 1.23. The Morgan fingerprint density at radius 1 is 1.44 bits per heavy atom. The first-order valence-corrected chi connectivity index (χ1v) is 5.73. The molecule has 0 spiro atoms. The summed E-state index contributed by atoms with van der Waals surface area (Å²) in [6, 6.07) is 0. The van der Waals surface area contributed by atoms with Gasteiger partial charge in [0.1, 0.15) is 10.8 Å². The molecule has 0 fully saturated rings. The number of hydrogen-bond acceptors (Lipinski definition) is 3. The highest BCUT2D eigenvalue weighted by Crippen LogP contribution is 2.03. The quantitative estimate of drug-likeness (QED) is 0.805. The normalized spacial score (nSPS) is 10.5. The first kappa shape index (κ1) is 12.9. The second-order valence-electron chi connectivity index (χ2n) is 4.02. The predicted molar refractivity (Wildman–Crippen MR) is 63.4 cm³/mol. The molecule has 0 bridgehead atoms. The molecule has 0 atom stereocenters. The van der Waals surface area contributed by atoms with E-state index in [-0.39, 0.29) is 11.1 Å². The van der Waals surface area contributed by atoms with Crippen molar-refractivity contribution in [1.82, 2.24) is 15.3 Å². The van der Waals surface area contributed by atoms with Gasteiger partial charge in [0.2, 0.25) is 0 Å². The Labute approximate surface area is 100 Å². The Bertz CT molecular complexity index is 338. The van der Waals surface area contributed by atoms with Crippen LogP contribution in [0.1, 0.15) is 37.2 Å². The largest absolute Gasteiger partial charge is 0.351 e.